The maximum Gasteiger partial charge on any atom is 0.323 e. The topological polar surface area (TPSA) is 79.8 Å². The molecule has 0 unspecified atom stereocenters. The number of nitrogens with one attached hydrogen (secondary N) is 2. The number of anilines is 2. The number of methoxy groups -OCH3 is 2. The molecule has 2 aromatic rings. The van der Waals surface area contributed by atoms with Gasteiger partial charge in [0.2, 0.25) is 0 Å². The predicted molar refractivity (Wildman–Crippen MR) is 96.4 cm³/mol. The summed E-state index contributed by atoms with van der Waals surface area (Å²) in [6.07, 6.45) is 0. The van der Waals surface area contributed by atoms with Crippen molar-refractivity contribution in [2.24, 2.45) is 0 Å². The number of rotatable bonds is 4. The third-order valence-corrected chi connectivity index (χ3v) is 3.12. The van der Waals surface area contributed by atoms with Gasteiger partial charge in [0.05, 0.1) is 25.6 Å². The first-order valence-electron chi connectivity index (χ1n) is 7.63. The molecular weight excluding hydrogens is 308 g/mol. The van der Waals surface area contributed by atoms with Crippen LogP contribution in [0.15, 0.2) is 36.4 Å². The maximum absolute atomic E-state index is 12.0. The number of benzene rings is 2. The van der Waals surface area contributed by atoms with Crippen molar-refractivity contribution in [2.75, 3.05) is 24.9 Å². The van der Waals surface area contributed by atoms with Crippen molar-refractivity contribution in [1.29, 1.82) is 0 Å². The summed E-state index contributed by atoms with van der Waals surface area (Å²) in [7, 11) is 3.08. The van der Waals surface area contributed by atoms with Crippen LogP contribution in [0.1, 0.15) is 19.4 Å². The Balaban J connectivity index is 0.00000139. The lowest BCUT2D eigenvalue weighted by Gasteiger charge is -2.14. The first-order chi connectivity index (χ1) is 11.5. The van der Waals surface area contributed by atoms with Gasteiger partial charge < -0.3 is 25.2 Å². The van der Waals surface area contributed by atoms with Gasteiger partial charge in [0.15, 0.2) is 0 Å². The minimum absolute atomic E-state index is 0.00414. The summed E-state index contributed by atoms with van der Waals surface area (Å²) in [6, 6.07) is 9.46. The van der Waals surface area contributed by atoms with Crippen molar-refractivity contribution in [3.05, 3.63) is 42.0 Å². The number of aromatic hydroxyl groups is 1. The van der Waals surface area contributed by atoms with Gasteiger partial charge in [0.25, 0.3) is 0 Å². The number of hydrogen-bond acceptors (Lipinski definition) is 4. The van der Waals surface area contributed by atoms with E-state index in [-0.39, 0.29) is 5.75 Å². The van der Waals surface area contributed by atoms with Crippen LogP contribution in [0.25, 0.3) is 0 Å². The Hall–Kier alpha value is -2.89. The normalized spacial score (nSPS) is 9.38. The van der Waals surface area contributed by atoms with Crippen molar-refractivity contribution in [1.82, 2.24) is 0 Å². The van der Waals surface area contributed by atoms with Gasteiger partial charge >= 0.3 is 6.03 Å². The van der Waals surface area contributed by atoms with E-state index in [0.29, 0.717) is 22.9 Å². The molecule has 2 rings (SSSR count). The van der Waals surface area contributed by atoms with Crippen LogP contribution < -0.4 is 20.1 Å². The van der Waals surface area contributed by atoms with E-state index in [4.69, 9.17) is 9.47 Å². The van der Waals surface area contributed by atoms with Crippen LogP contribution in [-0.2, 0) is 0 Å². The zero-order valence-corrected chi connectivity index (χ0v) is 14.6. The maximum atomic E-state index is 12.0. The zero-order valence-electron chi connectivity index (χ0n) is 14.6. The Morgan fingerprint density at radius 1 is 0.958 bits per heavy atom. The molecule has 0 saturated heterocycles. The smallest absolute Gasteiger partial charge is 0.323 e. The average Bonchev–Trinajstić information content (AvgIpc) is 2.59. The number of carbonyl (C=O) groups excluding carboxylic acids is 1. The molecule has 3 N–H and O–H groups in total. The molecule has 130 valence electrons. The zero-order chi connectivity index (χ0) is 18.1. The largest absolute Gasteiger partial charge is 0.506 e. The molecule has 2 amide bonds. The van der Waals surface area contributed by atoms with Crippen molar-refractivity contribution in [3.63, 3.8) is 0 Å². The monoisotopic (exact) mass is 332 g/mol. The lowest BCUT2D eigenvalue weighted by molar-refractivity contribution is 0.262. The SMILES string of the molecule is CC.COc1cc(OC)c(NC(=O)Nc2ccccc2O)cc1C. The number of hydrogen-bond donors (Lipinski definition) is 3. The molecule has 6 nitrogen and oxygen atoms in total. The van der Waals surface area contributed by atoms with E-state index in [9.17, 15) is 9.90 Å². The van der Waals surface area contributed by atoms with E-state index >= 15 is 0 Å². The van der Waals surface area contributed by atoms with E-state index in [1.807, 2.05) is 20.8 Å². The Morgan fingerprint density at radius 2 is 1.54 bits per heavy atom. The predicted octanol–water partition coefficient (Wildman–Crippen LogP) is 4.39. The molecule has 0 spiro atoms. The third-order valence-electron chi connectivity index (χ3n) is 3.12. The van der Waals surface area contributed by atoms with Gasteiger partial charge in [-0.15, -0.1) is 0 Å². The summed E-state index contributed by atoms with van der Waals surface area (Å²) in [5.41, 5.74) is 1.69. The van der Waals surface area contributed by atoms with Gasteiger partial charge in [0, 0.05) is 6.07 Å². The van der Waals surface area contributed by atoms with Gasteiger partial charge in [0.1, 0.15) is 17.2 Å². The van der Waals surface area contributed by atoms with E-state index < -0.39 is 6.03 Å². The Bertz CT molecular complexity index is 687. The van der Waals surface area contributed by atoms with Crippen molar-refractivity contribution in [2.45, 2.75) is 20.8 Å². The standard InChI is InChI=1S/C16H18N2O4.C2H6/c1-10-8-12(15(22-3)9-14(10)21-2)18-16(20)17-11-6-4-5-7-13(11)19;1-2/h4-9,19H,1-3H3,(H2,17,18,20);1-2H3. The minimum atomic E-state index is -0.482. The second kappa shape index (κ2) is 9.29. The molecule has 0 saturated carbocycles. The van der Waals surface area contributed by atoms with Crippen LogP contribution >= 0.6 is 0 Å². The van der Waals surface area contributed by atoms with Crippen LogP contribution in [0.3, 0.4) is 0 Å². The number of para-hydroxylation sites is 2. The first-order valence-corrected chi connectivity index (χ1v) is 7.63. The number of aryl methyl sites for hydroxylation is 1. The third kappa shape index (κ3) is 4.81. The second-order valence-corrected chi connectivity index (χ2v) is 4.62. The average molecular weight is 332 g/mol. The fourth-order valence-electron chi connectivity index (χ4n) is 2.01. The lowest BCUT2D eigenvalue weighted by atomic mass is 10.2. The van der Waals surface area contributed by atoms with Crippen molar-refractivity contribution >= 4 is 17.4 Å². The quantitative estimate of drug-likeness (QED) is 0.726. The summed E-state index contributed by atoms with van der Waals surface area (Å²) < 4.78 is 10.5. The van der Waals surface area contributed by atoms with Gasteiger partial charge in [-0.05, 0) is 30.7 Å². The van der Waals surface area contributed by atoms with Gasteiger partial charge in [-0.1, -0.05) is 26.0 Å². The van der Waals surface area contributed by atoms with E-state index in [1.54, 1.807) is 37.4 Å². The number of phenolic OH excluding ortho intramolecular Hbond substituents is 1. The Labute approximate surface area is 142 Å². The molecule has 0 radical (unpaired) electrons. The number of carbonyl (C=O) groups is 1. The molecular formula is C18H24N2O4. The van der Waals surface area contributed by atoms with E-state index in [1.165, 1.54) is 13.2 Å². The number of phenols is 1. The van der Waals surface area contributed by atoms with Crippen molar-refractivity contribution < 1.29 is 19.4 Å². The first kappa shape index (κ1) is 19.2. The second-order valence-electron chi connectivity index (χ2n) is 4.62. The highest BCUT2D eigenvalue weighted by Crippen LogP contribution is 2.32. The molecule has 0 aliphatic rings. The highest BCUT2D eigenvalue weighted by molar-refractivity contribution is 6.01. The van der Waals surface area contributed by atoms with Crippen molar-refractivity contribution in [3.8, 4) is 17.2 Å². The van der Waals surface area contributed by atoms with Gasteiger partial charge in [-0.25, -0.2) is 4.79 Å². The van der Waals surface area contributed by atoms with Crippen LogP contribution in [-0.4, -0.2) is 25.4 Å². The highest BCUT2D eigenvalue weighted by Gasteiger charge is 2.12. The Kier molecular flexibility index (Phi) is 7.42. The molecule has 0 bridgehead atoms. The fraction of sp³-hybridized carbons (Fsp3) is 0.278. The highest BCUT2D eigenvalue weighted by atomic mass is 16.5. The molecule has 0 aromatic heterocycles. The van der Waals surface area contributed by atoms with Crippen LogP contribution in [0, 0.1) is 6.92 Å². The fourth-order valence-corrected chi connectivity index (χ4v) is 2.01. The molecule has 6 heteroatoms. The molecule has 2 aromatic carbocycles. The minimum Gasteiger partial charge on any atom is -0.506 e. The summed E-state index contributed by atoms with van der Waals surface area (Å²) in [5, 5.41) is 14.9. The molecule has 24 heavy (non-hydrogen) atoms. The molecule has 0 atom stereocenters. The number of amides is 2. The lowest BCUT2D eigenvalue weighted by Crippen LogP contribution is -2.20. The summed E-state index contributed by atoms with van der Waals surface area (Å²) >= 11 is 0. The Morgan fingerprint density at radius 3 is 2.12 bits per heavy atom. The molecule has 0 aliphatic heterocycles. The molecule has 0 heterocycles. The van der Waals surface area contributed by atoms with E-state index in [0.717, 1.165) is 5.56 Å². The van der Waals surface area contributed by atoms with Crippen LogP contribution in [0.2, 0.25) is 0 Å². The number of ether oxygens (including phenoxy) is 2. The van der Waals surface area contributed by atoms with E-state index in [2.05, 4.69) is 10.6 Å². The molecule has 0 aliphatic carbocycles. The van der Waals surface area contributed by atoms with Gasteiger partial charge in [-0.3, -0.25) is 0 Å². The summed E-state index contributed by atoms with van der Waals surface area (Å²) in [5.74, 6) is 1.15. The summed E-state index contributed by atoms with van der Waals surface area (Å²) in [4.78, 5) is 12.0. The number of urea groups is 1. The summed E-state index contributed by atoms with van der Waals surface area (Å²) in [6.45, 7) is 5.87. The van der Waals surface area contributed by atoms with Crippen LogP contribution in [0.4, 0.5) is 16.2 Å². The van der Waals surface area contributed by atoms with Crippen LogP contribution in [0.5, 0.6) is 17.2 Å². The van der Waals surface area contributed by atoms with Gasteiger partial charge in [-0.2, -0.15) is 0 Å². The molecule has 0 fully saturated rings.